The van der Waals surface area contributed by atoms with Gasteiger partial charge in [0.2, 0.25) is 0 Å². The monoisotopic (exact) mass is 292 g/mol. The van der Waals surface area contributed by atoms with Crippen molar-refractivity contribution in [2.24, 2.45) is 0 Å². The van der Waals surface area contributed by atoms with Crippen molar-refractivity contribution in [2.45, 2.75) is 13.8 Å². The molecular weight excluding hydrogens is 276 g/mol. The van der Waals surface area contributed by atoms with Gasteiger partial charge >= 0.3 is 0 Å². The number of anilines is 1. The second-order valence-electron chi connectivity index (χ2n) is 5.15. The average molecular weight is 292 g/mol. The van der Waals surface area contributed by atoms with Crippen LogP contribution in [-0.2, 0) is 0 Å². The van der Waals surface area contributed by atoms with Gasteiger partial charge in [-0.3, -0.25) is 4.79 Å². The van der Waals surface area contributed by atoms with Gasteiger partial charge in [0.1, 0.15) is 0 Å². The minimum atomic E-state index is -0.271. The van der Waals surface area contributed by atoms with Gasteiger partial charge in [-0.05, 0) is 37.6 Å². The van der Waals surface area contributed by atoms with Crippen LogP contribution in [0.3, 0.4) is 0 Å². The molecule has 2 aromatic carbocycles. The maximum Gasteiger partial charge on any atom is 0.277 e. The number of para-hydroxylation sites is 1. The molecule has 5 nitrogen and oxygen atoms in total. The minimum absolute atomic E-state index is 0.271. The molecule has 3 aromatic rings. The molecule has 0 radical (unpaired) electrons. The molecule has 0 saturated carbocycles. The van der Waals surface area contributed by atoms with E-state index in [1.807, 2.05) is 62.4 Å². The van der Waals surface area contributed by atoms with E-state index in [1.165, 1.54) is 5.56 Å². The maximum atomic E-state index is 12.2. The van der Waals surface area contributed by atoms with Crippen molar-refractivity contribution >= 4 is 11.6 Å². The van der Waals surface area contributed by atoms with Crippen LogP contribution in [0.2, 0.25) is 0 Å². The van der Waals surface area contributed by atoms with Crippen LogP contribution < -0.4 is 5.32 Å². The Bertz CT molecular complexity index is 806. The summed E-state index contributed by atoms with van der Waals surface area (Å²) in [5.74, 6) is -0.271. The highest BCUT2D eigenvalue weighted by atomic mass is 16.2. The van der Waals surface area contributed by atoms with Crippen molar-refractivity contribution in [1.82, 2.24) is 15.0 Å². The van der Waals surface area contributed by atoms with E-state index in [9.17, 15) is 4.79 Å². The summed E-state index contributed by atoms with van der Waals surface area (Å²) in [5, 5.41) is 10.8. The summed E-state index contributed by atoms with van der Waals surface area (Å²) < 4.78 is 1.59. The molecule has 0 aliphatic rings. The van der Waals surface area contributed by atoms with Crippen molar-refractivity contribution in [3.05, 3.63) is 71.5 Å². The van der Waals surface area contributed by atoms with E-state index in [1.54, 1.807) is 10.9 Å². The van der Waals surface area contributed by atoms with Gasteiger partial charge in [-0.25, -0.2) is 4.68 Å². The van der Waals surface area contributed by atoms with E-state index in [2.05, 4.69) is 15.6 Å². The Morgan fingerprint density at radius 1 is 1.05 bits per heavy atom. The van der Waals surface area contributed by atoms with Crippen molar-refractivity contribution in [1.29, 1.82) is 0 Å². The van der Waals surface area contributed by atoms with Crippen LogP contribution in [0.1, 0.15) is 21.6 Å². The molecule has 0 unspecified atom stereocenters. The Morgan fingerprint density at radius 2 is 1.77 bits per heavy atom. The molecule has 1 aromatic heterocycles. The fraction of sp³-hybridized carbons (Fsp3) is 0.118. The Labute approximate surface area is 128 Å². The first-order valence-electron chi connectivity index (χ1n) is 7.00. The average Bonchev–Trinajstić information content (AvgIpc) is 3.00. The van der Waals surface area contributed by atoms with Gasteiger partial charge < -0.3 is 5.32 Å². The number of rotatable bonds is 3. The molecule has 3 rings (SSSR count). The third-order valence-electron chi connectivity index (χ3n) is 3.42. The number of benzene rings is 2. The lowest BCUT2D eigenvalue weighted by Crippen LogP contribution is -2.13. The number of nitrogens with zero attached hydrogens (tertiary/aromatic N) is 3. The lowest BCUT2D eigenvalue weighted by atomic mass is 10.2. The molecule has 0 atom stereocenters. The zero-order chi connectivity index (χ0) is 15.5. The smallest absolute Gasteiger partial charge is 0.277 e. The van der Waals surface area contributed by atoms with Crippen molar-refractivity contribution in [3.63, 3.8) is 0 Å². The van der Waals surface area contributed by atoms with Crippen LogP contribution in [0.25, 0.3) is 5.69 Å². The van der Waals surface area contributed by atoms with Gasteiger partial charge in [0.25, 0.3) is 5.91 Å². The Kier molecular flexibility index (Phi) is 3.70. The molecule has 1 heterocycles. The summed E-state index contributed by atoms with van der Waals surface area (Å²) in [6.45, 7) is 3.96. The second kappa shape index (κ2) is 5.81. The largest absolute Gasteiger partial charge is 0.320 e. The van der Waals surface area contributed by atoms with Gasteiger partial charge in [0, 0.05) is 5.69 Å². The standard InChI is InChI=1S/C17H16N4O/c1-12-7-9-14(10-8-12)21-11-16(19-20-21)17(22)18-15-6-4-3-5-13(15)2/h3-11H,1-2H3,(H,18,22). The lowest BCUT2D eigenvalue weighted by molar-refractivity contribution is 0.102. The number of hydrogen-bond donors (Lipinski definition) is 1. The molecular formula is C17H16N4O. The van der Waals surface area contributed by atoms with E-state index < -0.39 is 0 Å². The number of carbonyl (C=O) groups is 1. The summed E-state index contributed by atoms with van der Waals surface area (Å²) in [4.78, 5) is 12.2. The van der Waals surface area contributed by atoms with E-state index in [-0.39, 0.29) is 11.6 Å². The SMILES string of the molecule is Cc1ccc(-n2cc(C(=O)Nc3ccccc3C)nn2)cc1. The second-order valence-corrected chi connectivity index (χ2v) is 5.15. The highest BCUT2D eigenvalue weighted by molar-refractivity contribution is 6.03. The third kappa shape index (κ3) is 2.88. The zero-order valence-corrected chi connectivity index (χ0v) is 12.4. The van der Waals surface area contributed by atoms with Gasteiger partial charge in [-0.2, -0.15) is 0 Å². The summed E-state index contributed by atoms with van der Waals surface area (Å²) in [6.07, 6.45) is 1.62. The van der Waals surface area contributed by atoms with Crippen LogP contribution in [-0.4, -0.2) is 20.9 Å². The van der Waals surface area contributed by atoms with E-state index in [0.29, 0.717) is 0 Å². The highest BCUT2D eigenvalue weighted by Gasteiger charge is 2.12. The molecule has 0 fully saturated rings. The normalized spacial score (nSPS) is 10.5. The Balaban J connectivity index is 1.80. The molecule has 22 heavy (non-hydrogen) atoms. The van der Waals surface area contributed by atoms with Crippen molar-refractivity contribution < 1.29 is 4.79 Å². The van der Waals surface area contributed by atoms with Crippen LogP contribution in [0, 0.1) is 13.8 Å². The number of amides is 1. The summed E-state index contributed by atoms with van der Waals surface area (Å²) >= 11 is 0. The molecule has 0 aliphatic heterocycles. The molecule has 1 amide bonds. The third-order valence-corrected chi connectivity index (χ3v) is 3.42. The molecule has 0 saturated heterocycles. The number of nitrogens with one attached hydrogen (secondary N) is 1. The predicted octanol–water partition coefficient (Wildman–Crippen LogP) is 3.14. The van der Waals surface area contributed by atoms with Crippen LogP contribution in [0.15, 0.2) is 54.7 Å². The van der Waals surface area contributed by atoms with Crippen molar-refractivity contribution in [2.75, 3.05) is 5.32 Å². The van der Waals surface area contributed by atoms with Gasteiger partial charge in [-0.15, -0.1) is 5.10 Å². The lowest BCUT2D eigenvalue weighted by Gasteiger charge is -2.05. The molecule has 0 bridgehead atoms. The molecule has 0 spiro atoms. The maximum absolute atomic E-state index is 12.2. The van der Waals surface area contributed by atoms with E-state index in [0.717, 1.165) is 16.9 Å². The van der Waals surface area contributed by atoms with Gasteiger partial charge in [-0.1, -0.05) is 41.1 Å². The minimum Gasteiger partial charge on any atom is -0.320 e. The molecule has 5 heteroatoms. The Hall–Kier alpha value is -2.95. The van der Waals surface area contributed by atoms with E-state index in [4.69, 9.17) is 0 Å². The topological polar surface area (TPSA) is 59.8 Å². The first kappa shape index (κ1) is 14.0. The predicted molar refractivity (Wildman–Crippen MR) is 85.2 cm³/mol. The first-order chi connectivity index (χ1) is 10.6. The van der Waals surface area contributed by atoms with Crippen LogP contribution >= 0.6 is 0 Å². The fourth-order valence-corrected chi connectivity index (χ4v) is 2.09. The van der Waals surface area contributed by atoms with Crippen LogP contribution in [0.4, 0.5) is 5.69 Å². The van der Waals surface area contributed by atoms with Gasteiger partial charge in [0.15, 0.2) is 5.69 Å². The number of carbonyl (C=O) groups excluding carboxylic acids is 1. The quantitative estimate of drug-likeness (QED) is 0.806. The molecule has 110 valence electrons. The Morgan fingerprint density at radius 3 is 2.50 bits per heavy atom. The molecule has 1 N–H and O–H groups in total. The summed E-state index contributed by atoms with van der Waals surface area (Å²) in [5.41, 5.74) is 4.09. The van der Waals surface area contributed by atoms with Crippen molar-refractivity contribution in [3.8, 4) is 5.69 Å². The number of aryl methyl sites for hydroxylation is 2. The number of aromatic nitrogens is 3. The van der Waals surface area contributed by atoms with E-state index >= 15 is 0 Å². The molecule has 0 aliphatic carbocycles. The summed E-state index contributed by atoms with van der Waals surface area (Å²) in [7, 11) is 0. The zero-order valence-electron chi connectivity index (χ0n) is 12.4. The van der Waals surface area contributed by atoms with Crippen LogP contribution in [0.5, 0.6) is 0 Å². The van der Waals surface area contributed by atoms with Gasteiger partial charge in [0.05, 0.1) is 11.9 Å². The highest BCUT2D eigenvalue weighted by Crippen LogP contribution is 2.14. The fourth-order valence-electron chi connectivity index (χ4n) is 2.09. The first-order valence-corrected chi connectivity index (χ1v) is 7.00. The summed E-state index contributed by atoms with van der Waals surface area (Å²) in [6, 6.07) is 15.5. The number of hydrogen-bond acceptors (Lipinski definition) is 3.